The maximum Gasteiger partial charge on any atom is 0.0610 e. The SMILES string of the molecule is C=C1CCC2[C@H](O)C(C3(C)CCC(O)CC3CN)CCC12C. The van der Waals surface area contributed by atoms with Crippen LogP contribution in [0.25, 0.3) is 0 Å². The minimum atomic E-state index is -0.243. The van der Waals surface area contributed by atoms with E-state index in [-0.39, 0.29) is 23.0 Å². The monoisotopic (exact) mass is 307 g/mol. The summed E-state index contributed by atoms with van der Waals surface area (Å²) < 4.78 is 0. The van der Waals surface area contributed by atoms with Crippen LogP contribution in [0.5, 0.6) is 0 Å². The Balaban J connectivity index is 1.85. The number of fused-ring (bicyclic) bond motifs is 1. The summed E-state index contributed by atoms with van der Waals surface area (Å²) >= 11 is 0. The molecular formula is C19H33NO2. The van der Waals surface area contributed by atoms with Gasteiger partial charge in [0.05, 0.1) is 12.2 Å². The van der Waals surface area contributed by atoms with Crippen LogP contribution in [-0.2, 0) is 0 Å². The first-order chi connectivity index (χ1) is 10.3. The van der Waals surface area contributed by atoms with E-state index in [0.717, 1.165) is 44.9 Å². The standard InChI is InChI=1S/C19H33NO2/c1-12-4-5-15-17(22)16(7-9-18(12,15)2)19(3)8-6-14(21)10-13(19)11-20/h13-17,21-22H,1,4-11,20H2,2-3H3/t13?,14?,15?,16?,17-,18?,19?/m0/s1. The quantitative estimate of drug-likeness (QED) is 0.687. The van der Waals surface area contributed by atoms with Crippen LogP contribution in [0.1, 0.15) is 58.8 Å². The van der Waals surface area contributed by atoms with E-state index in [9.17, 15) is 10.2 Å². The second-order valence-electron chi connectivity index (χ2n) is 8.67. The van der Waals surface area contributed by atoms with E-state index in [1.807, 2.05) is 0 Å². The van der Waals surface area contributed by atoms with Gasteiger partial charge in [0.15, 0.2) is 0 Å². The highest BCUT2D eigenvalue weighted by Gasteiger charge is 2.56. The molecule has 0 aromatic rings. The number of aliphatic hydroxyl groups excluding tert-OH is 2. The predicted molar refractivity (Wildman–Crippen MR) is 89.2 cm³/mol. The normalized spacial score (nSPS) is 52.6. The molecule has 3 rings (SSSR count). The van der Waals surface area contributed by atoms with Crippen molar-refractivity contribution < 1.29 is 10.2 Å². The van der Waals surface area contributed by atoms with Crippen molar-refractivity contribution in [2.24, 2.45) is 34.3 Å². The molecule has 7 atom stereocenters. The molecule has 0 heterocycles. The zero-order chi connectivity index (χ0) is 16.1. The van der Waals surface area contributed by atoms with Gasteiger partial charge in [0, 0.05) is 0 Å². The zero-order valence-electron chi connectivity index (χ0n) is 14.2. The lowest BCUT2D eigenvalue weighted by Gasteiger charge is -2.55. The fourth-order valence-electron chi connectivity index (χ4n) is 5.98. The number of rotatable bonds is 2. The first-order valence-electron chi connectivity index (χ1n) is 9.07. The van der Waals surface area contributed by atoms with Gasteiger partial charge in [0.1, 0.15) is 0 Å². The van der Waals surface area contributed by atoms with E-state index in [1.165, 1.54) is 5.57 Å². The van der Waals surface area contributed by atoms with Gasteiger partial charge in [-0.3, -0.25) is 0 Å². The Morgan fingerprint density at radius 3 is 2.55 bits per heavy atom. The summed E-state index contributed by atoms with van der Waals surface area (Å²) in [6.45, 7) is 9.51. The molecule has 0 aliphatic heterocycles. The predicted octanol–water partition coefficient (Wildman–Crippen LogP) is 2.86. The molecule has 6 unspecified atom stereocenters. The highest BCUT2D eigenvalue weighted by atomic mass is 16.3. The molecule has 0 spiro atoms. The van der Waals surface area contributed by atoms with Crippen LogP contribution in [-0.4, -0.2) is 29.0 Å². The zero-order valence-corrected chi connectivity index (χ0v) is 14.2. The van der Waals surface area contributed by atoms with Gasteiger partial charge in [-0.2, -0.15) is 0 Å². The molecule has 22 heavy (non-hydrogen) atoms. The van der Waals surface area contributed by atoms with Crippen molar-refractivity contribution in [2.75, 3.05) is 6.54 Å². The maximum absolute atomic E-state index is 11.2. The molecular weight excluding hydrogens is 274 g/mol. The van der Waals surface area contributed by atoms with Gasteiger partial charge in [-0.1, -0.05) is 26.0 Å². The highest BCUT2D eigenvalue weighted by molar-refractivity contribution is 5.21. The molecule has 3 saturated carbocycles. The average Bonchev–Trinajstić information content (AvgIpc) is 2.78. The summed E-state index contributed by atoms with van der Waals surface area (Å²) in [5.41, 5.74) is 7.59. The third-order valence-corrected chi connectivity index (χ3v) is 7.82. The van der Waals surface area contributed by atoms with Crippen LogP contribution in [0.15, 0.2) is 12.2 Å². The Hall–Kier alpha value is -0.380. The van der Waals surface area contributed by atoms with Gasteiger partial charge in [-0.15, -0.1) is 0 Å². The number of hydrogen-bond acceptors (Lipinski definition) is 3. The van der Waals surface area contributed by atoms with Gasteiger partial charge >= 0.3 is 0 Å². The first kappa shape index (κ1) is 16.5. The number of aliphatic hydroxyl groups is 2. The molecule has 3 heteroatoms. The summed E-state index contributed by atoms with van der Waals surface area (Å²) in [4.78, 5) is 0. The van der Waals surface area contributed by atoms with Crippen molar-refractivity contribution in [1.82, 2.24) is 0 Å². The van der Waals surface area contributed by atoms with Crippen LogP contribution in [0.2, 0.25) is 0 Å². The molecule has 0 aromatic carbocycles. The maximum atomic E-state index is 11.2. The first-order valence-corrected chi connectivity index (χ1v) is 9.07. The van der Waals surface area contributed by atoms with Crippen LogP contribution >= 0.6 is 0 Å². The van der Waals surface area contributed by atoms with E-state index >= 15 is 0 Å². The molecule has 0 bridgehead atoms. The highest BCUT2D eigenvalue weighted by Crippen LogP contribution is 2.60. The Morgan fingerprint density at radius 2 is 1.86 bits per heavy atom. The average molecular weight is 307 g/mol. The smallest absolute Gasteiger partial charge is 0.0610 e. The Kier molecular flexibility index (Phi) is 4.20. The molecule has 3 nitrogen and oxygen atoms in total. The van der Waals surface area contributed by atoms with Crippen molar-refractivity contribution in [1.29, 1.82) is 0 Å². The lowest BCUT2D eigenvalue weighted by atomic mass is 9.52. The summed E-state index contributed by atoms with van der Waals surface area (Å²) in [6.07, 6.45) is 6.55. The fraction of sp³-hybridized carbons (Fsp3) is 0.895. The second-order valence-corrected chi connectivity index (χ2v) is 8.67. The Bertz CT molecular complexity index is 451. The van der Waals surface area contributed by atoms with E-state index in [1.54, 1.807) is 0 Å². The van der Waals surface area contributed by atoms with Gasteiger partial charge in [0.2, 0.25) is 0 Å². The van der Waals surface area contributed by atoms with Crippen LogP contribution < -0.4 is 5.73 Å². The summed E-state index contributed by atoms with van der Waals surface area (Å²) in [6, 6.07) is 0. The molecule has 3 aliphatic rings. The Morgan fingerprint density at radius 1 is 1.14 bits per heavy atom. The summed E-state index contributed by atoms with van der Waals surface area (Å²) in [7, 11) is 0. The van der Waals surface area contributed by atoms with Gasteiger partial charge in [-0.25, -0.2) is 0 Å². The molecule has 0 saturated heterocycles. The van der Waals surface area contributed by atoms with Gasteiger partial charge < -0.3 is 15.9 Å². The minimum Gasteiger partial charge on any atom is -0.393 e. The summed E-state index contributed by atoms with van der Waals surface area (Å²) in [5.74, 6) is 1.00. The van der Waals surface area contributed by atoms with Crippen molar-refractivity contribution in [3.63, 3.8) is 0 Å². The third-order valence-electron chi connectivity index (χ3n) is 7.82. The van der Waals surface area contributed by atoms with E-state index in [0.29, 0.717) is 24.3 Å². The van der Waals surface area contributed by atoms with Crippen molar-refractivity contribution >= 4 is 0 Å². The fourth-order valence-corrected chi connectivity index (χ4v) is 5.98. The molecule has 126 valence electrons. The molecule has 0 radical (unpaired) electrons. The van der Waals surface area contributed by atoms with E-state index < -0.39 is 0 Å². The number of hydrogen-bond donors (Lipinski definition) is 3. The lowest BCUT2D eigenvalue weighted by molar-refractivity contribution is -0.117. The van der Waals surface area contributed by atoms with Gasteiger partial charge in [0.25, 0.3) is 0 Å². The minimum absolute atomic E-state index is 0.0681. The molecule has 4 N–H and O–H groups in total. The lowest BCUT2D eigenvalue weighted by Crippen LogP contribution is -2.54. The topological polar surface area (TPSA) is 66.5 Å². The van der Waals surface area contributed by atoms with E-state index in [4.69, 9.17) is 5.73 Å². The molecule has 3 aliphatic carbocycles. The number of nitrogens with two attached hydrogens (primary N) is 1. The van der Waals surface area contributed by atoms with Crippen molar-refractivity contribution in [3.8, 4) is 0 Å². The van der Waals surface area contributed by atoms with Crippen LogP contribution in [0, 0.1) is 28.6 Å². The Labute approximate surface area is 135 Å². The molecule has 0 aromatic heterocycles. The second kappa shape index (κ2) is 5.61. The largest absolute Gasteiger partial charge is 0.393 e. The van der Waals surface area contributed by atoms with Gasteiger partial charge in [-0.05, 0) is 80.1 Å². The van der Waals surface area contributed by atoms with Crippen LogP contribution in [0.4, 0.5) is 0 Å². The van der Waals surface area contributed by atoms with Crippen molar-refractivity contribution in [3.05, 3.63) is 12.2 Å². The third kappa shape index (κ3) is 2.28. The van der Waals surface area contributed by atoms with E-state index in [2.05, 4.69) is 20.4 Å². The molecule has 3 fully saturated rings. The molecule has 0 amide bonds. The van der Waals surface area contributed by atoms with Crippen LogP contribution in [0.3, 0.4) is 0 Å². The summed E-state index contributed by atoms with van der Waals surface area (Å²) in [5, 5.41) is 21.2. The number of allylic oxidation sites excluding steroid dienone is 1. The van der Waals surface area contributed by atoms with Crippen molar-refractivity contribution in [2.45, 2.75) is 71.0 Å².